The van der Waals surface area contributed by atoms with Gasteiger partial charge >= 0.3 is 0 Å². The molecule has 1 amide bonds. The second kappa shape index (κ2) is 7.71. The number of benzene rings is 3. The molecular weight excluding hydrogens is 314 g/mol. The quantitative estimate of drug-likeness (QED) is 0.698. The summed E-state index contributed by atoms with van der Waals surface area (Å²) in [5.74, 6) is 1.04. The summed E-state index contributed by atoms with van der Waals surface area (Å²) in [6, 6.07) is 19.1. The molecule has 3 aromatic rings. The fourth-order valence-electron chi connectivity index (χ4n) is 2.66. The highest BCUT2D eigenvalue weighted by molar-refractivity contribution is 6.05. The average Bonchev–Trinajstić information content (AvgIpc) is 2.63. The number of hydrogen-bond acceptors (Lipinski definition) is 3. The van der Waals surface area contributed by atoms with E-state index in [0.717, 1.165) is 16.5 Å². The Balaban J connectivity index is 1.82. The van der Waals surface area contributed by atoms with E-state index in [2.05, 4.69) is 5.32 Å². The topological polar surface area (TPSA) is 47.6 Å². The van der Waals surface area contributed by atoms with E-state index in [1.54, 1.807) is 18.2 Å². The molecule has 0 radical (unpaired) electrons. The number of rotatable bonds is 6. The lowest BCUT2D eigenvalue weighted by atomic mass is 10.1. The van der Waals surface area contributed by atoms with E-state index in [9.17, 15) is 4.79 Å². The number of amides is 1. The highest BCUT2D eigenvalue weighted by Gasteiger charge is 2.12. The summed E-state index contributed by atoms with van der Waals surface area (Å²) in [6.45, 7) is 4.87. The van der Waals surface area contributed by atoms with Gasteiger partial charge in [-0.25, -0.2) is 0 Å². The summed E-state index contributed by atoms with van der Waals surface area (Å²) < 4.78 is 11.1. The lowest BCUT2D eigenvalue weighted by Crippen LogP contribution is -2.12. The highest BCUT2D eigenvalue weighted by Crippen LogP contribution is 2.29. The summed E-state index contributed by atoms with van der Waals surface area (Å²) in [5.41, 5.74) is 1.29. The molecule has 3 aromatic carbocycles. The number of hydrogen-bond donors (Lipinski definition) is 1. The third kappa shape index (κ3) is 3.91. The maximum atomic E-state index is 12.6. The second-order valence-corrected chi connectivity index (χ2v) is 5.54. The number of ether oxygens (including phenoxy) is 2. The maximum absolute atomic E-state index is 12.6. The van der Waals surface area contributed by atoms with Crippen LogP contribution in [0.3, 0.4) is 0 Å². The van der Waals surface area contributed by atoms with Gasteiger partial charge in [-0.3, -0.25) is 4.79 Å². The first-order chi connectivity index (χ1) is 12.2. The maximum Gasteiger partial charge on any atom is 0.255 e. The van der Waals surface area contributed by atoms with Gasteiger partial charge in [0, 0.05) is 11.3 Å². The van der Waals surface area contributed by atoms with Crippen molar-refractivity contribution in [3.05, 3.63) is 66.2 Å². The van der Waals surface area contributed by atoms with E-state index in [4.69, 9.17) is 9.47 Å². The summed E-state index contributed by atoms with van der Waals surface area (Å²) in [5, 5.41) is 5.16. The van der Waals surface area contributed by atoms with Crippen LogP contribution in [0.5, 0.6) is 11.5 Å². The Labute approximate surface area is 147 Å². The molecular formula is C21H21NO3. The molecule has 4 heteroatoms. The first-order valence-electron chi connectivity index (χ1n) is 8.41. The third-order valence-electron chi connectivity index (χ3n) is 3.81. The molecule has 0 saturated heterocycles. The summed E-state index contributed by atoms with van der Waals surface area (Å²) in [6.07, 6.45) is 0. The fraction of sp³-hybridized carbons (Fsp3) is 0.190. The predicted molar refractivity (Wildman–Crippen MR) is 101 cm³/mol. The van der Waals surface area contributed by atoms with Gasteiger partial charge in [-0.15, -0.1) is 0 Å². The zero-order valence-electron chi connectivity index (χ0n) is 14.4. The van der Waals surface area contributed by atoms with E-state index in [1.807, 2.05) is 56.3 Å². The Morgan fingerprint density at radius 3 is 2.32 bits per heavy atom. The number of nitrogens with one attached hydrogen (secondary N) is 1. The van der Waals surface area contributed by atoms with Gasteiger partial charge in [-0.1, -0.05) is 30.3 Å². The van der Waals surface area contributed by atoms with Gasteiger partial charge in [0.25, 0.3) is 5.91 Å². The van der Waals surface area contributed by atoms with E-state index >= 15 is 0 Å². The molecule has 0 spiro atoms. The van der Waals surface area contributed by atoms with Crippen LogP contribution in [0.25, 0.3) is 10.8 Å². The van der Waals surface area contributed by atoms with E-state index in [1.165, 1.54) is 0 Å². The van der Waals surface area contributed by atoms with Crippen LogP contribution in [0.2, 0.25) is 0 Å². The molecule has 25 heavy (non-hydrogen) atoms. The zero-order valence-corrected chi connectivity index (χ0v) is 14.4. The Hall–Kier alpha value is -3.01. The molecule has 1 N–H and O–H groups in total. The van der Waals surface area contributed by atoms with E-state index < -0.39 is 0 Å². The van der Waals surface area contributed by atoms with Gasteiger partial charge in [0.2, 0.25) is 0 Å². The normalized spacial score (nSPS) is 10.5. The molecule has 0 unspecified atom stereocenters. The van der Waals surface area contributed by atoms with Crippen molar-refractivity contribution in [2.45, 2.75) is 13.8 Å². The van der Waals surface area contributed by atoms with Crippen LogP contribution in [-0.2, 0) is 0 Å². The van der Waals surface area contributed by atoms with Gasteiger partial charge in [-0.05, 0) is 55.0 Å². The highest BCUT2D eigenvalue weighted by atomic mass is 16.5. The minimum absolute atomic E-state index is 0.181. The molecule has 0 aromatic heterocycles. The molecule has 0 aliphatic heterocycles. The van der Waals surface area contributed by atoms with Crippen molar-refractivity contribution < 1.29 is 14.3 Å². The van der Waals surface area contributed by atoms with Gasteiger partial charge in [-0.2, -0.15) is 0 Å². The number of fused-ring (bicyclic) bond motifs is 1. The van der Waals surface area contributed by atoms with Crippen molar-refractivity contribution in [2.24, 2.45) is 0 Å². The Morgan fingerprint density at radius 2 is 1.56 bits per heavy atom. The summed E-state index contributed by atoms with van der Waals surface area (Å²) in [7, 11) is 0. The molecule has 0 aliphatic carbocycles. The van der Waals surface area contributed by atoms with Crippen molar-refractivity contribution >= 4 is 22.4 Å². The lowest BCUT2D eigenvalue weighted by Gasteiger charge is -2.12. The minimum Gasteiger partial charge on any atom is -0.490 e. The number of carbonyl (C=O) groups excluding carboxylic acids is 1. The molecule has 128 valence electrons. The standard InChI is InChI=1S/C21H21NO3/c1-3-24-19-12-10-17(14-20(19)25-4-2)21(23)22-18-11-9-15-7-5-6-8-16(15)13-18/h5-14H,3-4H2,1-2H3,(H,22,23). The van der Waals surface area contributed by atoms with Crippen LogP contribution < -0.4 is 14.8 Å². The van der Waals surface area contributed by atoms with Gasteiger partial charge in [0.1, 0.15) is 0 Å². The Kier molecular flexibility index (Phi) is 5.19. The average molecular weight is 335 g/mol. The minimum atomic E-state index is -0.181. The third-order valence-corrected chi connectivity index (χ3v) is 3.81. The molecule has 0 saturated carbocycles. The largest absolute Gasteiger partial charge is 0.490 e. The smallest absolute Gasteiger partial charge is 0.255 e. The van der Waals surface area contributed by atoms with Crippen molar-refractivity contribution in [2.75, 3.05) is 18.5 Å². The van der Waals surface area contributed by atoms with Crippen molar-refractivity contribution in [1.29, 1.82) is 0 Å². The van der Waals surface area contributed by atoms with Crippen LogP contribution in [0.1, 0.15) is 24.2 Å². The zero-order chi connectivity index (χ0) is 17.6. The molecule has 0 heterocycles. The number of carbonyl (C=O) groups is 1. The van der Waals surface area contributed by atoms with Gasteiger partial charge in [0.15, 0.2) is 11.5 Å². The first kappa shape index (κ1) is 16.8. The molecule has 0 atom stereocenters. The van der Waals surface area contributed by atoms with Crippen LogP contribution in [0, 0.1) is 0 Å². The van der Waals surface area contributed by atoms with Crippen LogP contribution in [0.4, 0.5) is 5.69 Å². The lowest BCUT2D eigenvalue weighted by molar-refractivity contribution is 0.102. The molecule has 0 aliphatic rings. The monoisotopic (exact) mass is 335 g/mol. The summed E-state index contributed by atoms with van der Waals surface area (Å²) in [4.78, 5) is 12.6. The molecule has 0 fully saturated rings. The van der Waals surface area contributed by atoms with Crippen LogP contribution in [0.15, 0.2) is 60.7 Å². The first-order valence-corrected chi connectivity index (χ1v) is 8.41. The van der Waals surface area contributed by atoms with Crippen molar-refractivity contribution in [3.8, 4) is 11.5 Å². The number of anilines is 1. The Morgan fingerprint density at radius 1 is 0.840 bits per heavy atom. The van der Waals surface area contributed by atoms with Gasteiger partial charge < -0.3 is 14.8 Å². The van der Waals surface area contributed by atoms with Crippen LogP contribution in [-0.4, -0.2) is 19.1 Å². The summed E-state index contributed by atoms with van der Waals surface area (Å²) >= 11 is 0. The molecule has 4 nitrogen and oxygen atoms in total. The molecule has 3 rings (SSSR count). The van der Waals surface area contributed by atoms with Crippen LogP contribution >= 0.6 is 0 Å². The fourth-order valence-corrected chi connectivity index (χ4v) is 2.66. The van der Waals surface area contributed by atoms with E-state index in [0.29, 0.717) is 30.3 Å². The predicted octanol–water partition coefficient (Wildman–Crippen LogP) is 4.89. The molecule has 0 bridgehead atoms. The van der Waals surface area contributed by atoms with Crippen molar-refractivity contribution in [3.63, 3.8) is 0 Å². The van der Waals surface area contributed by atoms with Crippen molar-refractivity contribution in [1.82, 2.24) is 0 Å². The second-order valence-electron chi connectivity index (χ2n) is 5.54. The Bertz CT molecular complexity index is 889. The van der Waals surface area contributed by atoms with E-state index in [-0.39, 0.29) is 5.91 Å². The van der Waals surface area contributed by atoms with Gasteiger partial charge in [0.05, 0.1) is 13.2 Å². The SMILES string of the molecule is CCOc1ccc(C(=O)Nc2ccc3ccccc3c2)cc1OCC.